The molecule has 1 N–H and O–H groups in total. The molecule has 0 bridgehead atoms. The number of rotatable bonds is 5. The summed E-state index contributed by atoms with van der Waals surface area (Å²) in [7, 11) is 3.00. The van der Waals surface area contributed by atoms with E-state index in [4.69, 9.17) is 14.6 Å². The number of benzene rings is 1. The predicted molar refractivity (Wildman–Crippen MR) is 79.9 cm³/mol. The molecular weight excluding hydrogens is 310 g/mol. The lowest BCUT2D eigenvalue weighted by atomic mass is 10.2. The number of carboxylic acids is 1. The molecule has 8 heteroatoms. The number of hydrogen-bond acceptors (Lipinski definition) is 6. The third-order valence-electron chi connectivity index (χ3n) is 2.87. The third kappa shape index (κ3) is 3.22. The van der Waals surface area contributed by atoms with Crippen molar-refractivity contribution in [3.63, 3.8) is 0 Å². The quantitative estimate of drug-likeness (QED) is 0.826. The van der Waals surface area contributed by atoms with Gasteiger partial charge in [0, 0.05) is 0 Å². The lowest BCUT2D eigenvalue weighted by molar-refractivity contribution is -0.140. The van der Waals surface area contributed by atoms with E-state index in [1.165, 1.54) is 20.3 Å². The molecule has 0 unspecified atom stereocenters. The van der Waals surface area contributed by atoms with E-state index < -0.39 is 23.7 Å². The molecule has 116 valence electrons. The Kier molecular flexibility index (Phi) is 4.71. The molecule has 7 nitrogen and oxygen atoms in total. The summed E-state index contributed by atoms with van der Waals surface area (Å²) < 4.78 is 10.3. The van der Waals surface area contributed by atoms with E-state index in [2.05, 4.69) is 0 Å². The topological polar surface area (TPSA) is 93.1 Å². The number of imide groups is 1. The van der Waals surface area contributed by atoms with Crippen LogP contribution >= 0.6 is 11.8 Å². The van der Waals surface area contributed by atoms with Crippen molar-refractivity contribution in [3.05, 3.63) is 28.7 Å². The van der Waals surface area contributed by atoms with Gasteiger partial charge < -0.3 is 14.6 Å². The Morgan fingerprint density at radius 3 is 2.55 bits per heavy atom. The first-order chi connectivity index (χ1) is 10.5. The fourth-order valence-electron chi connectivity index (χ4n) is 1.87. The van der Waals surface area contributed by atoms with Gasteiger partial charge in [0.1, 0.15) is 6.54 Å². The van der Waals surface area contributed by atoms with Crippen LogP contribution in [0, 0.1) is 0 Å². The molecule has 1 fully saturated rings. The van der Waals surface area contributed by atoms with Crippen molar-refractivity contribution in [3.8, 4) is 11.5 Å². The number of carbonyl (C=O) groups excluding carboxylic acids is 2. The minimum absolute atomic E-state index is 0.165. The zero-order valence-corrected chi connectivity index (χ0v) is 12.7. The van der Waals surface area contributed by atoms with Gasteiger partial charge in [-0.2, -0.15) is 0 Å². The average molecular weight is 323 g/mol. The Bertz CT molecular complexity index is 669. The number of aliphatic carboxylic acids is 1. The highest BCUT2D eigenvalue weighted by Crippen LogP contribution is 2.34. The summed E-state index contributed by atoms with van der Waals surface area (Å²) >= 11 is 0.705. The maximum Gasteiger partial charge on any atom is 0.323 e. The molecule has 22 heavy (non-hydrogen) atoms. The van der Waals surface area contributed by atoms with E-state index >= 15 is 0 Å². The second-order valence-corrected chi connectivity index (χ2v) is 5.27. The standard InChI is InChI=1S/C14H13NO6S/c1-20-9-4-3-8(5-10(9)21-2)6-11-13(18)15(7-12(16)17)14(19)22-11/h3-6H,7H2,1-2H3,(H,16,17). The molecule has 1 saturated heterocycles. The van der Waals surface area contributed by atoms with Crippen LogP contribution in [0.3, 0.4) is 0 Å². The Hall–Kier alpha value is -2.48. The Morgan fingerprint density at radius 2 is 1.95 bits per heavy atom. The molecule has 1 aliphatic rings. The van der Waals surface area contributed by atoms with Crippen LogP contribution in [0.5, 0.6) is 11.5 Å². The van der Waals surface area contributed by atoms with Gasteiger partial charge in [-0.1, -0.05) is 6.07 Å². The van der Waals surface area contributed by atoms with E-state index in [1.54, 1.807) is 18.2 Å². The fourth-order valence-corrected chi connectivity index (χ4v) is 2.70. The number of carboxylic acid groups (broad SMARTS) is 1. The van der Waals surface area contributed by atoms with Gasteiger partial charge >= 0.3 is 5.97 Å². The van der Waals surface area contributed by atoms with Crippen LogP contribution in [-0.2, 0) is 9.59 Å². The number of thioether (sulfide) groups is 1. The number of amides is 2. The second-order valence-electron chi connectivity index (χ2n) is 4.28. The minimum atomic E-state index is -1.24. The zero-order valence-electron chi connectivity index (χ0n) is 11.9. The van der Waals surface area contributed by atoms with Gasteiger partial charge in [0.05, 0.1) is 19.1 Å². The van der Waals surface area contributed by atoms with Gasteiger partial charge in [0.15, 0.2) is 11.5 Å². The van der Waals surface area contributed by atoms with E-state index in [-0.39, 0.29) is 4.91 Å². The van der Waals surface area contributed by atoms with Crippen LogP contribution in [0.2, 0.25) is 0 Å². The molecule has 0 saturated carbocycles. The summed E-state index contributed by atoms with van der Waals surface area (Å²) in [5.74, 6) is -0.832. The first kappa shape index (κ1) is 15.9. The lowest BCUT2D eigenvalue weighted by Crippen LogP contribution is -2.33. The first-order valence-corrected chi connectivity index (χ1v) is 6.97. The number of hydrogen-bond donors (Lipinski definition) is 1. The molecule has 2 rings (SSSR count). The van der Waals surface area contributed by atoms with Crippen LogP contribution in [0.4, 0.5) is 4.79 Å². The largest absolute Gasteiger partial charge is 0.493 e. The Labute approximate surface area is 130 Å². The van der Waals surface area contributed by atoms with Gasteiger partial charge in [0.2, 0.25) is 0 Å². The maximum absolute atomic E-state index is 12.0. The van der Waals surface area contributed by atoms with Crippen molar-refractivity contribution >= 4 is 35.0 Å². The smallest absolute Gasteiger partial charge is 0.323 e. The lowest BCUT2D eigenvalue weighted by Gasteiger charge is -2.08. The highest BCUT2D eigenvalue weighted by Gasteiger charge is 2.36. The molecule has 1 aromatic carbocycles. The summed E-state index contributed by atoms with van der Waals surface area (Å²) in [4.78, 5) is 35.2. The molecule has 0 aromatic heterocycles. The Balaban J connectivity index is 2.28. The minimum Gasteiger partial charge on any atom is -0.493 e. The maximum atomic E-state index is 12.0. The van der Waals surface area contributed by atoms with Crippen LogP contribution in [0.15, 0.2) is 23.1 Å². The highest BCUT2D eigenvalue weighted by molar-refractivity contribution is 8.18. The summed E-state index contributed by atoms with van der Waals surface area (Å²) in [5.41, 5.74) is 0.637. The van der Waals surface area contributed by atoms with Gasteiger partial charge in [-0.25, -0.2) is 0 Å². The summed E-state index contributed by atoms with van der Waals surface area (Å²) in [5, 5.41) is 8.11. The van der Waals surface area contributed by atoms with Crippen LogP contribution in [0.1, 0.15) is 5.56 Å². The van der Waals surface area contributed by atoms with E-state index in [9.17, 15) is 14.4 Å². The third-order valence-corrected chi connectivity index (χ3v) is 3.78. The number of methoxy groups -OCH3 is 2. The predicted octanol–water partition coefficient (Wildman–Crippen LogP) is 1.82. The number of ether oxygens (including phenoxy) is 2. The van der Waals surface area contributed by atoms with Crippen molar-refractivity contribution in [2.75, 3.05) is 20.8 Å². The zero-order chi connectivity index (χ0) is 16.3. The van der Waals surface area contributed by atoms with Crippen molar-refractivity contribution in [2.24, 2.45) is 0 Å². The first-order valence-electron chi connectivity index (χ1n) is 6.15. The summed E-state index contributed by atoms with van der Waals surface area (Å²) in [6, 6.07) is 5.03. The second kappa shape index (κ2) is 6.52. The molecule has 1 aromatic rings. The van der Waals surface area contributed by atoms with Crippen LogP contribution in [0.25, 0.3) is 6.08 Å². The normalized spacial score (nSPS) is 16.3. The number of nitrogens with zero attached hydrogens (tertiary/aromatic N) is 1. The summed E-state index contributed by atoms with van der Waals surface area (Å²) in [6.45, 7) is -0.645. The van der Waals surface area contributed by atoms with Gasteiger partial charge in [-0.15, -0.1) is 0 Å². The average Bonchev–Trinajstić information content (AvgIpc) is 2.74. The van der Waals surface area contributed by atoms with Gasteiger partial charge in [-0.05, 0) is 35.5 Å². The van der Waals surface area contributed by atoms with Crippen molar-refractivity contribution in [1.29, 1.82) is 0 Å². The van der Waals surface area contributed by atoms with Crippen LogP contribution in [-0.4, -0.2) is 47.9 Å². The number of carbonyl (C=O) groups is 3. The van der Waals surface area contributed by atoms with E-state index in [1.807, 2.05) is 0 Å². The molecule has 0 aliphatic carbocycles. The van der Waals surface area contributed by atoms with Crippen molar-refractivity contribution in [1.82, 2.24) is 4.90 Å². The van der Waals surface area contributed by atoms with Gasteiger partial charge in [0.25, 0.3) is 11.1 Å². The molecule has 0 atom stereocenters. The summed E-state index contributed by atoms with van der Waals surface area (Å²) in [6.07, 6.45) is 1.51. The molecule has 2 amide bonds. The van der Waals surface area contributed by atoms with E-state index in [0.717, 1.165) is 0 Å². The van der Waals surface area contributed by atoms with Crippen molar-refractivity contribution < 1.29 is 29.0 Å². The van der Waals surface area contributed by atoms with Gasteiger partial charge in [-0.3, -0.25) is 19.3 Å². The SMILES string of the molecule is COc1ccc(C=C2SC(=O)N(CC(=O)O)C2=O)cc1OC. The fraction of sp³-hybridized carbons (Fsp3) is 0.214. The molecule has 0 spiro atoms. The monoisotopic (exact) mass is 323 g/mol. The van der Waals surface area contributed by atoms with Crippen molar-refractivity contribution in [2.45, 2.75) is 0 Å². The molecule has 0 radical (unpaired) electrons. The Morgan fingerprint density at radius 1 is 1.27 bits per heavy atom. The molecule has 1 aliphatic heterocycles. The highest BCUT2D eigenvalue weighted by atomic mass is 32.2. The molecular formula is C14H13NO6S. The molecule has 1 heterocycles. The van der Waals surface area contributed by atoms with E-state index in [0.29, 0.717) is 33.7 Å². The van der Waals surface area contributed by atoms with Crippen LogP contribution < -0.4 is 9.47 Å².